The summed E-state index contributed by atoms with van der Waals surface area (Å²) < 4.78 is 1.06. The highest BCUT2D eigenvalue weighted by Crippen LogP contribution is 2.26. The zero-order valence-electron chi connectivity index (χ0n) is 15.3. The Morgan fingerprint density at radius 2 is 1.81 bits per heavy atom. The van der Waals surface area contributed by atoms with Crippen molar-refractivity contribution in [3.8, 4) is 11.3 Å². The Kier molecular flexibility index (Phi) is 5.89. The molecule has 0 fully saturated rings. The monoisotopic (exact) mass is 410 g/mol. The molecule has 1 aromatic heterocycles. The highest BCUT2D eigenvalue weighted by molar-refractivity contribution is 9.10. The number of benzene rings is 2. The topological polar surface area (TPSA) is 49.8 Å². The van der Waals surface area contributed by atoms with Crippen LogP contribution >= 0.6 is 15.9 Å². The molecular formula is C21H23BrN4. The zero-order valence-corrected chi connectivity index (χ0v) is 16.8. The lowest BCUT2D eigenvalue weighted by atomic mass is 10.1. The van der Waals surface area contributed by atoms with Crippen molar-refractivity contribution in [3.05, 3.63) is 64.6 Å². The number of anilines is 3. The molecule has 1 heterocycles. The Bertz CT molecular complexity index is 880. The number of nitrogens with one attached hydrogen (secondary N) is 2. The maximum Gasteiger partial charge on any atom is 0.225 e. The predicted octanol–water partition coefficient (Wildman–Crippen LogP) is 6.17. The first-order valence-corrected chi connectivity index (χ1v) is 9.58. The molecule has 3 rings (SSSR count). The van der Waals surface area contributed by atoms with Gasteiger partial charge in [0.1, 0.15) is 5.82 Å². The molecule has 2 N–H and O–H groups in total. The molecular weight excluding hydrogens is 388 g/mol. The molecule has 4 nitrogen and oxygen atoms in total. The Labute approximate surface area is 163 Å². The number of hydrogen-bond acceptors (Lipinski definition) is 4. The van der Waals surface area contributed by atoms with Crippen LogP contribution in [0.5, 0.6) is 0 Å². The van der Waals surface area contributed by atoms with E-state index in [1.54, 1.807) is 0 Å². The molecule has 2 aromatic carbocycles. The maximum absolute atomic E-state index is 4.70. The Morgan fingerprint density at radius 1 is 1.04 bits per heavy atom. The van der Waals surface area contributed by atoms with Gasteiger partial charge in [0.25, 0.3) is 0 Å². The van der Waals surface area contributed by atoms with Gasteiger partial charge in [-0.1, -0.05) is 53.2 Å². The summed E-state index contributed by atoms with van der Waals surface area (Å²) in [4.78, 5) is 9.36. The van der Waals surface area contributed by atoms with Gasteiger partial charge in [-0.05, 0) is 44.0 Å². The summed E-state index contributed by atoms with van der Waals surface area (Å²) in [5.74, 6) is 1.41. The Morgan fingerprint density at radius 3 is 2.50 bits per heavy atom. The molecule has 0 bridgehead atoms. The van der Waals surface area contributed by atoms with Gasteiger partial charge in [-0.25, -0.2) is 4.98 Å². The van der Waals surface area contributed by atoms with Crippen molar-refractivity contribution in [1.82, 2.24) is 9.97 Å². The van der Waals surface area contributed by atoms with Crippen molar-refractivity contribution in [1.29, 1.82) is 0 Å². The first-order chi connectivity index (χ1) is 12.5. The first-order valence-electron chi connectivity index (χ1n) is 8.79. The first kappa shape index (κ1) is 18.4. The number of nitrogens with zero attached hydrogens (tertiary/aromatic N) is 2. The normalized spacial score (nSPS) is 11.8. The van der Waals surface area contributed by atoms with Crippen LogP contribution in [0.2, 0.25) is 0 Å². The molecule has 0 saturated heterocycles. The predicted molar refractivity (Wildman–Crippen MR) is 113 cm³/mol. The van der Waals surface area contributed by atoms with Gasteiger partial charge in [0.2, 0.25) is 5.95 Å². The van der Waals surface area contributed by atoms with Crippen molar-refractivity contribution in [2.24, 2.45) is 0 Å². The van der Waals surface area contributed by atoms with Crippen LogP contribution in [-0.2, 0) is 0 Å². The zero-order chi connectivity index (χ0) is 18.5. The van der Waals surface area contributed by atoms with Gasteiger partial charge in [0.05, 0.1) is 5.69 Å². The summed E-state index contributed by atoms with van der Waals surface area (Å²) in [6.45, 7) is 6.35. The molecule has 0 saturated carbocycles. The number of rotatable bonds is 6. The van der Waals surface area contributed by atoms with Crippen molar-refractivity contribution in [2.75, 3.05) is 10.6 Å². The van der Waals surface area contributed by atoms with Crippen molar-refractivity contribution in [3.63, 3.8) is 0 Å². The molecule has 134 valence electrons. The molecule has 0 amide bonds. The summed E-state index contributed by atoms with van der Waals surface area (Å²) in [6.07, 6.45) is 1.01. The third-order valence-electron chi connectivity index (χ3n) is 4.23. The quantitative estimate of drug-likeness (QED) is 0.509. The highest BCUT2D eigenvalue weighted by atomic mass is 79.9. The molecule has 0 aliphatic carbocycles. The number of aromatic nitrogens is 2. The average molecular weight is 411 g/mol. The third kappa shape index (κ3) is 4.61. The maximum atomic E-state index is 4.70. The SMILES string of the molecule is CC[C@H](C)Nc1nc(Nc2ccc(Br)cc2C)cc(-c2ccccc2)n1. The summed E-state index contributed by atoms with van der Waals surface area (Å²) in [5, 5.41) is 6.81. The Hall–Kier alpha value is -2.40. The minimum Gasteiger partial charge on any atom is -0.352 e. The van der Waals surface area contributed by atoms with E-state index in [4.69, 9.17) is 4.98 Å². The minimum atomic E-state index is 0.309. The molecule has 0 unspecified atom stereocenters. The molecule has 0 aliphatic heterocycles. The van der Waals surface area contributed by atoms with Crippen LogP contribution in [0.4, 0.5) is 17.5 Å². The van der Waals surface area contributed by atoms with E-state index < -0.39 is 0 Å². The summed E-state index contributed by atoms with van der Waals surface area (Å²) in [6, 6.07) is 18.6. The largest absolute Gasteiger partial charge is 0.352 e. The van der Waals surface area contributed by atoms with Crippen molar-refractivity contribution < 1.29 is 0 Å². The average Bonchev–Trinajstić information content (AvgIpc) is 2.64. The van der Waals surface area contributed by atoms with Gasteiger partial charge in [-0.15, -0.1) is 0 Å². The fourth-order valence-electron chi connectivity index (χ4n) is 2.56. The standard InChI is InChI=1S/C21H23BrN4/c1-4-15(3)23-21-25-19(16-8-6-5-7-9-16)13-20(26-21)24-18-11-10-17(22)12-14(18)2/h5-13,15H,4H2,1-3H3,(H2,23,24,25,26)/t15-/m0/s1. The summed E-state index contributed by atoms with van der Waals surface area (Å²) in [7, 11) is 0. The molecule has 3 aromatic rings. The lowest BCUT2D eigenvalue weighted by molar-refractivity contribution is 0.753. The van der Waals surface area contributed by atoms with Crippen LogP contribution in [0.1, 0.15) is 25.8 Å². The molecule has 1 atom stereocenters. The van der Waals surface area contributed by atoms with Gasteiger partial charge >= 0.3 is 0 Å². The van der Waals surface area contributed by atoms with E-state index >= 15 is 0 Å². The lowest BCUT2D eigenvalue weighted by Crippen LogP contribution is -2.16. The van der Waals surface area contributed by atoms with Crippen LogP contribution in [-0.4, -0.2) is 16.0 Å². The second-order valence-corrected chi connectivity index (χ2v) is 7.28. The molecule has 26 heavy (non-hydrogen) atoms. The third-order valence-corrected chi connectivity index (χ3v) is 4.73. The van der Waals surface area contributed by atoms with Crippen LogP contribution in [0.25, 0.3) is 11.3 Å². The van der Waals surface area contributed by atoms with E-state index in [-0.39, 0.29) is 0 Å². The second-order valence-electron chi connectivity index (χ2n) is 6.37. The van der Waals surface area contributed by atoms with Gasteiger partial charge in [0, 0.05) is 27.8 Å². The van der Waals surface area contributed by atoms with E-state index in [9.17, 15) is 0 Å². The Balaban J connectivity index is 1.98. The van der Waals surface area contributed by atoms with E-state index in [1.807, 2.05) is 36.4 Å². The van der Waals surface area contributed by atoms with Crippen LogP contribution < -0.4 is 10.6 Å². The van der Waals surface area contributed by atoms with Gasteiger partial charge in [-0.2, -0.15) is 4.98 Å². The smallest absolute Gasteiger partial charge is 0.225 e. The lowest BCUT2D eigenvalue weighted by Gasteiger charge is -2.15. The van der Waals surface area contributed by atoms with E-state index in [0.717, 1.165) is 39.2 Å². The second kappa shape index (κ2) is 8.32. The van der Waals surface area contributed by atoms with E-state index in [0.29, 0.717) is 12.0 Å². The van der Waals surface area contributed by atoms with Crippen molar-refractivity contribution in [2.45, 2.75) is 33.2 Å². The molecule has 0 aliphatic rings. The fourth-order valence-corrected chi connectivity index (χ4v) is 3.04. The number of halogens is 1. The number of hydrogen-bond donors (Lipinski definition) is 2. The minimum absolute atomic E-state index is 0.309. The van der Waals surface area contributed by atoms with Crippen molar-refractivity contribution >= 4 is 33.4 Å². The number of aryl methyl sites for hydroxylation is 1. The van der Waals surface area contributed by atoms with Crippen LogP contribution in [0.15, 0.2) is 59.1 Å². The highest BCUT2D eigenvalue weighted by Gasteiger charge is 2.10. The van der Waals surface area contributed by atoms with E-state index in [2.05, 4.69) is 70.5 Å². The van der Waals surface area contributed by atoms with E-state index in [1.165, 1.54) is 0 Å². The van der Waals surface area contributed by atoms with Gasteiger partial charge in [0.15, 0.2) is 0 Å². The molecule has 0 spiro atoms. The fraction of sp³-hybridized carbons (Fsp3) is 0.238. The van der Waals surface area contributed by atoms with Gasteiger partial charge in [-0.3, -0.25) is 0 Å². The molecule has 5 heteroatoms. The summed E-state index contributed by atoms with van der Waals surface area (Å²) in [5.41, 5.74) is 4.14. The van der Waals surface area contributed by atoms with Crippen LogP contribution in [0, 0.1) is 6.92 Å². The van der Waals surface area contributed by atoms with Crippen LogP contribution in [0.3, 0.4) is 0 Å². The summed E-state index contributed by atoms with van der Waals surface area (Å²) >= 11 is 3.51. The molecule has 0 radical (unpaired) electrons. The van der Waals surface area contributed by atoms with Gasteiger partial charge < -0.3 is 10.6 Å².